The van der Waals surface area contributed by atoms with Crippen LogP contribution in [0.15, 0.2) is 23.1 Å². The molecule has 3 rings (SSSR count). The van der Waals surface area contributed by atoms with E-state index < -0.39 is 16.3 Å². The van der Waals surface area contributed by atoms with Gasteiger partial charge in [-0.05, 0) is 37.1 Å². The Balaban J connectivity index is 1.87. The predicted molar refractivity (Wildman–Crippen MR) is 88.2 cm³/mol. The van der Waals surface area contributed by atoms with Crippen LogP contribution >= 0.6 is 11.8 Å². The number of thioether (sulfide) groups is 1. The summed E-state index contributed by atoms with van der Waals surface area (Å²) < 4.78 is 0. The van der Waals surface area contributed by atoms with E-state index in [0.29, 0.717) is 17.9 Å². The highest BCUT2D eigenvalue weighted by atomic mass is 32.2. The Morgan fingerprint density at radius 2 is 2.21 bits per heavy atom. The van der Waals surface area contributed by atoms with Crippen LogP contribution in [-0.2, 0) is 4.79 Å². The number of carbonyl (C=O) groups is 2. The van der Waals surface area contributed by atoms with Gasteiger partial charge in [0.05, 0.1) is 15.2 Å². The molecule has 7 nitrogen and oxygen atoms in total. The second-order valence-corrected chi connectivity index (χ2v) is 7.23. The largest absolute Gasteiger partial charge is 0.481 e. The van der Waals surface area contributed by atoms with Crippen molar-refractivity contribution in [3.8, 4) is 0 Å². The molecule has 0 unspecified atom stereocenters. The minimum absolute atomic E-state index is 0.0283. The number of carboxylic acid groups (broad SMARTS) is 1. The van der Waals surface area contributed by atoms with Crippen molar-refractivity contribution in [1.82, 2.24) is 4.90 Å². The van der Waals surface area contributed by atoms with E-state index in [2.05, 4.69) is 0 Å². The number of nitro benzene ring substituents is 1. The van der Waals surface area contributed by atoms with Gasteiger partial charge in [-0.2, -0.15) is 0 Å². The Bertz CT molecular complexity index is 722. The minimum Gasteiger partial charge on any atom is -0.481 e. The first-order chi connectivity index (χ1) is 11.4. The van der Waals surface area contributed by atoms with Crippen LogP contribution in [0.2, 0.25) is 0 Å². The molecule has 1 aromatic carbocycles. The molecule has 1 aliphatic carbocycles. The Morgan fingerprint density at radius 1 is 1.46 bits per heavy atom. The number of fused-ring (bicyclic) bond motifs is 1. The molecule has 0 spiro atoms. The summed E-state index contributed by atoms with van der Waals surface area (Å²) in [5, 5.41) is 20.8. The van der Waals surface area contributed by atoms with Gasteiger partial charge in [0.25, 0.3) is 11.6 Å². The van der Waals surface area contributed by atoms with Gasteiger partial charge >= 0.3 is 5.97 Å². The summed E-state index contributed by atoms with van der Waals surface area (Å²) in [4.78, 5) is 37.1. The van der Waals surface area contributed by atoms with E-state index in [1.165, 1.54) is 22.7 Å². The zero-order valence-electron chi connectivity index (χ0n) is 13.2. The lowest BCUT2D eigenvalue weighted by Gasteiger charge is -2.23. The number of hydrogen-bond donors (Lipinski definition) is 1. The van der Waals surface area contributed by atoms with Crippen LogP contribution in [0.1, 0.15) is 29.6 Å². The highest BCUT2D eigenvalue weighted by Gasteiger charge is 2.55. The fraction of sp³-hybridized carbons (Fsp3) is 0.500. The number of nitrogens with zero attached hydrogens (tertiary/aromatic N) is 2. The predicted octanol–water partition coefficient (Wildman–Crippen LogP) is 2.64. The SMILES string of the molecule is CSc1ccc(C(=O)N2C[C@@H]3CCC[C@@]3(C(=O)O)C2)cc1[N+](=O)[O-]. The van der Waals surface area contributed by atoms with Gasteiger partial charge in [-0.3, -0.25) is 19.7 Å². The van der Waals surface area contributed by atoms with Crippen LogP contribution < -0.4 is 0 Å². The average molecular weight is 350 g/mol. The lowest BCUT2D eigenvalue weighted by molar-refractivity contribution is -0.387. The van der Waals surface area contributed by atoms with Crippen molar-refractivity contribution in [2.75, 3.05) is 19.3 Å². The van der Waals surface area contributed by atoms with Crippen LogP contribution in [0, 0.1) is 21.4 Å². The molecule has 0 aromatic heterocycles. The molecular formula is C16H18N2O5S. The van der Waals surface area contributed by atoms with Crippen LogP contribution in [-0.4, -0.2) is 46.2 Å². The molecular weight excluding hydrogens is 332 g/mol. The third-order valence-corrected chi connectivity index (χ3v) is 5.99. The molecule has 2 aliphatic rings. The van der Waals surface area contributed by atoms with Gasteiger partial charge in [-0.15, -0.1) is 11.8 Å². The van der Waals surface area contributed by atoms with E-state index >= 15 is 0 Å². The van der Waals surface area contributed by atoms with E-state index in [1.807, 2.05) is 0 Å². The normalized spacial score (nSPS) is 25.5. The zero-order valence-corrected chi connectivity index (χ0v) is 14.0. The first kappa shape index (κ1) is 16.8. The second kappa shape index (κ2) is 6.08. The molecule has 2 fully saturated rings. The second-order valence-electron chi connectivity index (χ2n) is 6.38. The summed E-state index contributed by atoms with van der Waals surface area (Å²) in [6.07, 6.45) is 4.00. The van der Waals surface area contributed by atoms with Gasteiger partial charge in [0.1, 0.15) is 0 Å². The first-order valence-corrected chi connectivity index (χ1v) is 8.96. The quantitative estimate of drug-likeness (QED) is 0.509. The van der Waals surface area contributed by atoms with E-state index in [0.717, 1.165) is 12.8 Å². The molecule has 1 heterocycles. The molecule has 1 N–H and O–H groups in total. The number of benzene rings is 1. The number of nitro groups is 1. The van der Waals surface area contributed by atoms with Gasteiger partial charge in [-0.1, -0.05) is 6.42 Å². The lowest BCUT2D eigenvalue weighted by Crippen LogP contribution is -2.37. The molecule has 1 amide bonds. The molecule has 0 bridgehead atoms. The van der Waals surface area contributed by atoms with Crippen molar-refractivity contribution < 1.29 is 19.6 Å². The van der Waals surface area contributed by atoms with Gasteiger partial charge < -0.3 is 10.0 Å². The van der Waals surface area contributed by atoms with Crippen molar-refractivity contribution in [2.45, 2.75) is 24.2 Å². The smallest absolute Gasteiger partial charge is 0.311 e. The first-order valence-electron chi connectivity index (χ1n) is 7.74. The number of aliphatic carboxylic acids is 1. The molecule has 1 saturated carbocycles. The van der Waals surface area contributed by atoms with Crippen molar-refractivity contribution in [3.63, 3.8) is 0 Å². The number of hydrogen-bond acceptors (Lipinski definition) is 5. The van der Waals surface area contributed by atoms with Gasteiger partial charge in [0.2, 0.25) is 0 Å². The Kier molecular flexibility index (Phi) is 4.25. The number of likely N-dealkylation sites (tertiary alicyclic amines) is 1. The third kappa shape index (κ3) is 2.54. The molecule has 1 aliphatic heterocycles. The van der Waals surface area contributed by atoms with Gasteiger partial charge in [0, 0.05) is 24.7 Å². The maximum absolute atomic E-state index is 12.7. The number of carboxylic acids is 1. The monoisotopic (exact) mass is 350 g/mol. The van der Waals surface area contributed by atoms with Crippen LogP contribution in [0.4, 0.5) is 5.69 Å². The summed E-state index contributed by atoms with van der Waals surface area (Å²) in [7, 11) is 0. The van der Waals surface area contributed by atoms with Crippen molar-refractivity contribution in [2.24, 2.45) is 11.3 Å². The lowest BCUT2D eigenvalue weighted by atomic mass is 9.81. The number of carbonyl (C=O) groups excluding carboxylic acids is 1. The Hall–Kier alpha value is -2.09. The van der Waals surface area contributed by atoms with E-state index in [9.17, 15) is 24.8 Å². The summed E-state index contributed by atoms with van der Waals surface area (Å²) in [6.45, 7) is 0.590. The number of amides is 1. The van der Waals surface area contributed by atoms with Crippen molar-refractivity contribution >= 4 is 29.3 Å². The van der Waals surface area contributed by atoms with Crippen LogP contribution in [0.25, 0.3) is 0 Å². The number of rotatable bonds is 4. The fourth-order valence-electron chi connectivity index (χ4n) is 3.94. The molecule has 1 saturated heterocycles. The van der Waals surface area contributed by atoms with Gasteiger partial charge in [0.15, 0.2) is 0 Å². The van der Waals surface area contributed by atoms with E-state index in [-0.39, 0.29) is 29.6 Å². The molecule has 0 radical (unpaired) electrons. The maximum atomic E-state index is 12.7. The van der Waals surface area contributed by atoms with Crippen molar-refractivity contribution in [1.29, 1.82) is 0 Å². The standard InChI is InChI=1S/C16H18N2O5S/c1-24-13-5-4-10(7-12(13)18(22)23)14(19)17-8-11-3-2-6-16(11,9-17)15(20)21/h4-5,7,11H,2-3,6,8-9H2,1H3,(H,20,21)/t11-,16+/m0/s1. The molecule has 1 aromatic rings. The average Bonchev–Trinajstić information content (AvgIpc) is 3.11. The summed E-state index contributed by atoms with van der Waals surface area (Å²) in [6, 6.07) is 4.43. The molecule has 8 heteroatoms. The summed E-state index contributed by atoms with van der Waals surface area (Å²) >= 11 is 1.25. The third-order valence-electron chi connectivity index (χ3n) is 5.21. The Morgan fingerprint density at radius 3 is 2.79 bits per heavy atom. The van der Waals surface area contributed by atoms with Gasteiger partial charge in [-0.25, -0.2) is 0 Å². The Labute approximate surface area is 143 Å². The molecule has 128 valence electrons. The topological polar surface area (TPSA) is 101 Å². The maximum Gasteiger partial charge on any atom is 0.311 e. The van der Waals surface area contributed by atoms with E-state index in [1.54, 1.807) is 18.4 Å². The fourth-order valence-corrected chi connectivity index (χ4v) is 4.49. The van der Waals surface area contributed by atoms with Crippen LogP contribution in [0.3, 0.4) is 0 Å². The van der Waals surface area contributed by atoms with Crippen molar-refractivity contribution in [3.05, 3.63) is 33.9 Å². The zero-order chi connectivity index (χ0) is 17.5. The van der Waals surface area contributed by atoms with E-state index in [4.69, 9.17) is 0 Å². The molecule has 24 heavy (non-hydrogen) atoms. The summed E-state index contributed by atoms with van der Waals surface area (Å²) in [5.41, 5.74) is -0.707. The molecule has 2 atom stereocenters. The summed E-state index contributed by atoms with van der Waals surface area (Å²) in [5.74, 6) is -1.20. The highest BCUT2D eigenvalue weighted by Crippen LogP contribution is 2.49. The highest BCUT2D eigenvalue weighted by molar-refractivity contribution is 7.98. The minimum atomic E-state index is -0.846. The van der Waals surface area contributed by atoms with Crippen LogP contribution in [0.5, 0.6) is 0 Å².